The Morgan fingerprint density at radius 1 is 0.949 bits per heavy atom. The Balaban J connectivity index is 2.03. The van der Waals surface area contributed by atoms with Crippen LogP contribution in [0.4, 0.5) is 5.69 Å². The van der Waals surface area contributed by atoms with E-state index < -0.39 is 28.5 Å². The van der Waals surface area contributed by atoms with Crippen LogP contribution in [-0.2, 0) is 26.2 Å². The summed E-state index contributed by atoms with van der Waals surface area (Å²) in [6.45, 7) is 6.81. The van der Waals surface area contributed by atoms with E-state index in [1.165, 1.54) is 23.1 Å². The molecule has 0 fully saturated rings. The third-order valence-electron chi connectivity index (χ3n) is 6.49. The van der Waals surface area contributed by atoms with Crippen molar-refractivity contribution in [2.24, 2.45) is 0 Å². The quantitative estimate of drug-likeness (QED) is 0.305. The van der Waals surface area contributed by atoms with Crippen molar-refractivity contribution in [1.29, 1.82) is 0 Å². The molecule has 2 atom stereocenters. The Labute approximate surface area is 240 Å². The molecule has 39 heavy (non-hydrogen) atoms. The minimum absolute atomic E-state index is 0.0290. The summed E-state index contributed by atoms with van der Waals surface area (Å²) in [4.78, 5) is 28.4. The molecule has 0 unspecified atom stereocenters. The Morgan fingerprint density at radius 2 is 1.59 bits per heavy atom. The van der Waals surface area contributed by atoms with Gasteiger partial charge in [0.2, 0.25) is 11.8 Å². The van der Waals surface area contributed by atoms with Crippen LogP contribution in [0.3, 0.4) is 0 Å². The van der Waals surface area contributed by atoms with Crippen molar-refractivity contribution < 1.29 is 18.0 Å². The summed E-state index contributed by atoms with van der Waals surface area (Å²) in [6.07, 6.45) is 0.723. The topological polar surface area (TPSA) is 86.8 Å². The molecule has 3 rings (SSSR count). The number of nitrogens with zero attached hydrogens (tertiary/aromatic N) is 2. The lowest BCUT2D eigenvalue weighted by atomic mass is 10.1. The first-order valence-corrected chi connectivity index (χ1v) is 14.8. The van der Waals surface area contributed by atoms with Crippen LogP contribution < -0.4 is 9.62 Å². The van der Waals surface area contributed by atoms with Crippen LogP contribution in [0.1, 0.15) is 38.3 Å². The van der Waals surface area contributed by atoms with Crippen molar-refractivity contribution in [3.05, 3.63) is 94.0 Å². The number of hydrogen-bond acceptors (Lipinski definition) is 4. The van der Waals surface area contributed by atoms with E-state index in [2.05, 4.69) is 5.32 Å². The summed E-state index contributed by atoms with van der Waals surface area (Å²) in [5.74, 6) is -0.879. The van der Waals surface area contributed by atoms with E-state index in [-0.39, 0.29) is 29.1 Å². The van der Waals surface area contributed by atoms with Gasteiger partial charge in [-0.05, 0) is 74.7 Å². The molecule has 1 N–H and O–H groups in total. The highest BCUT2D eigenvalue weighted by Gasteiger charge is 2.33. The monoisotopic (exact) mass is 589 g/mol. The molecule has 0 aliphatic rings. The molecule has 0 saturated carbocycles. The number of rotatable bonds is 11. The molecular formula is C29H33Cl2N3O4S. The number of carbonyl (C=O) groups excluding carboxylic acids is 2. The fourth-order valence-electron chi connectivity index (χ4n) is 3.82. The number of amides is 2. The summed E-state index contributed by atoms with van der Waals surface area (Å²) in [5.41, 5.74) is 1.75. The number of nitrogens with one attached hydrogen (secondary N) is 1. The van der Waals surface area contributed by atoms with E-state index in [1.54, 1.807) is 68.4 Å². The SMILES string of the molecule is CC[C@@H](C)NC(=O)[C@@H](C)N(Cc1ccc(Cl)cc1)C(=O)CN(c1ccc(C)c(Cl)c1)S(=O)(=O)c1ccccc1. The third-order valence-corrected chi connectivity index (χ3v) is 8.94. The van der Waals surface area contributed by atoms with Crippen LogP contribution in [-0.4, -0.2) is 43.8 Å². The summed E-state index contributed by atoms with van der Waals surface area (Å²) < 4.78 is 28.6. The zero-order valence-corrected chi connectivity index (χ0v) is 24.7. The van der Waals surface area contributed by atoms with Crippen molar-refractivity contribution in [2.45, 2.75) is 57.6 Å². The molecular weight excluding hydrogens is 557 g/mol. The maximum atomic E-state index is 13.9. The standard InChI is InChI=1S/C29H33Cl2N3O4S/c1-5-21(3)32-29(36)22(4)33(18-23-12-14-24(30)15-13-23)28(35)19-34(25-16-11-20(2)27(31)17-25)39(37,38)26-9-7-6-8-10-26/h6-17,21-22H,5,18-19H2,1-4H3,(H,32,36)/t21-,22-/m1/s1. The van der Waals surface area contributed by atoms with Gasteiger partial charge in [0.15, 0.2) is 0 Å². The van der Waals surface area contributed by atoms with Crippen LogP contribution in [0, 0.1) is 6.92 Å². The first kappa shape index (κ1) is 30.5. The molecule has 0 radical (unpaired) electrons. The van der Waals surface area contributed by atoms with Crippen molar-refractivity contribution in [3.8, 4) is 0 Å². The fourth-order valence-corrected chi connectivity index (χ4v) is 5.55. The van der Waals surface area contributed by atoms with E-state index in [0.717, 1.165) is 21.9 Å². The van der Waals surface area contributed by atoms with Crippen molar-refractivity contribution in [3.63, 3.8) is 0 Å². The van der Waals surface area contributed by atoms with E-state index in [4.69, 9.17) is 23.2 Å². The van der Waals surface area contributed by atoms with Gasteiger partial charge in [0, 0.05) is 22.6 Å². The van der Waals surface area contributed by atoms with Crippen LogP contribution in [0.5, 0.6) is 0 Å². The molecule has 2 amide bonds. The van der Waals surface area contributed by atoms with Crippen LogP contribution in [0.15, 0.2) is 77.7 Å². The van der Waals surface area contributed by atoms with Crippen molar-refractivity contribution >= 4 is 50.7 Å². The van der Waals surface area contributed by atoms with E-state index >= 15 is 0 Å². The maximum Gasteiger partial charge on any atom is 0.264 e. The van der Waals surface area contributed by atoms with Crippen LogP contribution in [0.25, 0.3) is 0 Å². The Hall–Kier alpha value is -3.07. The van der Waals surface area contributed by atoms with Gasteiger partial charge in [-0.1, -0.05) is 66.5 Å². The summed E-state index contributed by atoms with van der Waals surface area (Å²) >= 11 is 12.4. The molecule has 208 valence electrons. The van der Waals surface area contributed by atoms with Crippen LogP contribution in [0.2, 0.25) is 10.0 Å². The van der Waals surface area contributed by atoms with E-state index in [1.807, 2.05) is 13.8 Å². The van der Waals surface area contributed by atoms with Gasteiger partial charge >= 0.3 is 0 Å². The molecule has 0 spiro atoms. The molecule has 0 aliphatic heterocycles. The average molecular weight is 591 g/mol. The second-order valence-electron chi connectivity index (χ2n) is 9.40. The second-order valence-corrected chi connectivity index (χ2v) is 12.1. The summed E-state index contributed by atoms with van der Waals surface area (Å²) in [6, 6.07) is 18.7. The van der Waals surface area contributed by atoms with Gasteiger partial charge in [-0.3, -0.25) is 13.9 Å². The minimum Gasteiger partial charge on any atom is -0.352 e. The smallest absolute Gasteiger partial charge is 0.264 e. The third kappa shape index (κ3) is 7.75. The first-order chi connectivity index (χ1) is 18.4. The van der Waals surface area contributed by atoms with Gasteiger partial charge in [0.1, 0.15) is 12.6 Å². The molecule has 3 aromatic carbocycles. The summed E-state index contributed by atoms with van der Waals surface area (Å²) in [7, 11) is -4.15. The molecule has 10 heteroatoms. The average Bonchev–Trinajstić information content (AvgIpc) is 2.92. The highest BCUT2D eigenvalue weighted by molar-refractivity contribution is 7.92. The lowest BCUT2D eigenvalue weighted by molar-refractivity contribution is -0.139. The first-order valence-electron chi connectivity index (χ1n) is 12.6. The van der Waals surface area contributed by atoms with Crippen molar-refractivity contribution in [1.82, 2.24) is 10.2 Å². The summed E-state index contributed by atoms with van der Waals surface area (Å²) in [5, 5.41) is 3.82. The predicted octanol–water partition coefficient (Wildman–Crippen LogP) is 5.83. The number of hydrogen-bond donors (Lipinski definition) is 1. The zero-order valence-electron chi connectivity index (χ0n) is 22.4. The number of benzene rings is 3. The number of halogens is 2. The maximum absolute atomic E-state index is 13.9. The molecule has 0 heterocycles. The van der Waals surface area contributed by atoms with Gasteiger partial charge in [0.05, 0.1) is 10.6 Å². The number of aryl methyl sites for hydroxylation is 1. The predicted molar refractivity (Wildman–Crippen MR) is 157 cm³/mol. The minimum atomic E-state index is -4.15. The molecule has 0 saturated heterocycles. The largest absolute Gasteiger partial charge is 0.352 e. The molecule has 0 bridgehead atoms. The van der Waals surface area contributed by atoms with Gasteiger partial charge < -0.3 is 10.2 Å². The lowest BCUT2D eigenvalue weighted by Crippen LogP contribution is -2.52. The number of sulfonamides is 1. The second kappa shape index (κ2) is 13.3. The van der Waals surface area contributed by atoms with Crippen LogP contribution >= 0.6 is 23.2 Å². The lowest BCUT2D eigenvalue weighted by Gasteiger charge is -2.32. The number of anilines is 1. The zero-order chi connectivity index (χ0) is 28.7. The van der Waals surface area contributed by atoms with E-state index in [9.17, 15) is 18.0 Å². The Morgan fingerprint density at radius 3 is 2.18 bits per heavy atom. The Kier molecular flexibility index (Phi) is 10.4. The van der Waals surface area contributed by atoms with Gasteiger partial charge in [0.25, 0.3) is 10.0 Å². The van der Waals surface area contributed by atoms with Gasteiger partial charge in [-0.25, -0.2) is 8.42 Å². The van der Waals surface area contributed by atoms with Gasteiger partial charge in [-0.2, -0.15) is 0 Å². The van der Waals surface area contributed by atoms with Gasteiger partial charge in [-0.15, -0.1) is 0 Å². The Bertz CT molecular complexity index is 1400. The molecule has 3 aromatic rings. The normalized spacial score (nSPS) is 12.9. The molecule has 0 aromatic heterocycles. The fraction of sp³-hybridized carbons (Fsp3) is 0.310. The highest BCUT2D eigenvalue weighted by atomic mass is 35.5. The number of carbonyl (C=O) groups is 2. The molecule has 7 nitrogen and oxygen atoms in total. The van der Waals surface area contributed by atoms with Crippen molar-refractivity contribution in [2.75, 3.05) is 10.8 Å². The van der Waals surface area contributed by atoms with E-state index in [0.29, 0.717) is 10.0 Å². The molecule has 0 aliphatic carbocycles. The highest BCUT2D eigenvalue weighted by Crippen LogP contribution is 2.28.